The summed E-state index contributed by atoms with van der Waals surface area (Å²) in [4.78, 5) is 0. The van der Waals surface area contributed by atoms with E-state index in [1.165, 1.54) is 19.3 Å². The summed E-state index contributed by atoms with van der Waals surface area (Å²) in [5.41, 5.74) is 4.02. The predicted octanol–water partition coefficient (Wildman–Crippen LogP) is 3.14. The van der Waals surface area contributed by atoms with E-state index in [0.717, 1.165) is 5.92 Å². The average molecular weight is 136 g/mol. The van der Waals surface area contributed by atoms with Gasteiger partial charge in [-0.15, -0.1) is 0 Å². The van der Waals surface area contributed by atoms with Gasteiger partial charge in [0.1, 0.15) is 0 Å². The highest BCUT2D eigenvalue weighted by molar-refractivity contribution is 5.30. The van der Waals surface area contributed by atoms with Crippen LogP contribution in [-0.2, 0) is 0 Å². The van der Waals surface area contributed by atoms with Gasteiger partial charge in [-0.25, -0.2) is 0 Å². The number of hydrogen-bond donors (Lipinski definition) is 0. The zero-order valence-corrected chi connectivity index (χ0v) is 7.20. The smallest absolute Gasteiger partial charge is 0.0111 e. The second kappa shape index (κ2) is 1.66. The standard InChI is InChI=1S/C10H16/c1-7-8(2)10(3)5-4-9(7)6-10/h9H,4-6H2,1-3H3/t9-,10+/m0/s1. The fraction of sp³-hybridized carbons (Fsp3) is 0.800. The van der Waals surface area contributed by atoms with Crippen molar-refractivity contribution >= 4 is 0 Å². The Kier molecular flexibility index (Phi) is 1.07. The van der Waals surface area contributed by atoms with E-state index in [0.29, 0.717) is 5.41 Å². The van der Waals surface area contributed by atoms with Gasteiger partial charge >= 0.3 is 0 Å². The molecule has 0 nitrogen and oxygen atoms in total. The Balaban J connectivity index is 2.45. The van der Waals surface area contributed by atoms with Crippen molar-refractivity contribution in [3.05, 3.63) is 11.1 Å². The lowest BCUT2D eigenvalue weighted by Gasteiger charge is -2.23. The van der Waals surface area contributed by atoms with Crippen LogP contribution in [0.25, 0.3) is 0 Å². The molecule has 0 N–H and O–H groups in total. The number of allylic oxidation sites excluding steroid dienone is 2. The first-order valence-electron chi connectivity index (χ1n) is 4.31. The normalized spacial score (nSPS) is 45.3. The predicted molar refractivity (Wildman–Crippen MR) is 43.8 cm³/mol. The number of rotatable bonds is 0. The molecule has 0 aliphatic heterocycles. The Bertz CT molecular complexity index is 200. The third-order valence-electron chi connectivity index (χ3n) is 3.85. The van der Waals surface area contributed by atoms with Crippen molar-refractivity contribution in [2.24, 2.45) is 11.3 Å². The van der Waals surface area contributed by atoms with Crippen LogP contribution in [-0.4, -0.2) is 0 Å². The van der Waals surface area contributed by atoms with Gasteiger partial charge in [0.2, 0.25) is 0 Å². The van der Waals surface area contributed by atoms with E-state index in [-0.39, 0.29) is 0 Å². The van der Waals surface area contributed by atoms with Crippen molar-refractivity contribution < 1.29 is 0 Å². The first-order chi connectivity index (χ1) is 4.63. The molecular weight excluding hydrogens is 120 g/mol. The molecule has 1 fully saturated rings. The van der Waals surface area contributed by atoms with Crippen molar-refractivity contribution in [2.75, 3.05) is 0 Å². The quantitative estimate of drug-likeness (QED) is 0.449. The topological polar surface area (TPSA) is 0 Å². The summed E-state index contributed by atoms with van der Waals surface area (Å²) in [6.07, 6.45) is 4.35. The fourth-order valence-electron chi connectivity index (χ4n) is 2.73. The molecule has 0 aromatic rings. The molecular formula is C10H16. The lowest BCUT2D eigenvalue weighted by molar-refractivity contribution is 0.424. The molecule has 10 heavy (non-hydrogen) atoms. The minimum atomic E-state index is 0.620. The first kappa shape index (κ1) is 6.45. The van der Waals surface area contributed by atoms with E-state index in [2.05, 4.69) is 20.8 Å². The van der Waals surface area contributed by atoms with E-state index in [9.17, 15) is 0 Å². The summed E-state index contributed by atoms with van der Waals surface area (Å²) in [6, 6.07) is 0. The second-order valence-corrected chi connectivity index (χ2v) is 4.31. The average Bonchev–Trinajstić information content (AvgIpc) is 2.35. The summed E-state index contributed by atoms with van der Waals surface area (Å²) < 4.78 is 0. The lowest BCUT2D eigenvalue weighted by atomic mass is 9.82. The summed E-state index contributed by atoms with van der Waals surface area (Å²) in [5.74, 6) is 0.963. The van der Waals surface area contributed by atoms with Crippen LogP contribution in [0.5, 0.6) is 0 Å². The fourth-order valence-corrected chi connectivity index (χ4v) is 2.73. The number of hydrogen-bond acceptors (Lipinski definition) is 0. The largest absolute Gasteiger partial charge is 0.0707 e. The van der Waals surface area contributed by atoms with Crippen LogP contribution in [0.1, 0.15) is 40.0 Å². The Hall–Kier alpha value is -0.260. The highest BCUT2D eigenvalue weighted by Crippen LogP contribution is 2.56. The second-order valence-electron chi connectivity index (χ2n) is 4.31. The molecule has 0 radical (unpaired) electrons. The molecule has 0 saturated heterocycles. The Morgan fingerprint density at radius 2 is 2.10 bits per heavy atom. The van der Waals surface area contributed by atoms with Crippen LogP contribution in [0.15, 0.2) is 11.1 Å². The van der Waals surface area contributed by atoms with E-state index >= 15 is 0 Å². The maximum absolute atomic E-state index is 2.43. The molecule has 0 aromatic heterocycles. The minimum absolute atomic E-state index is 0.620. The third kappa shape index (κ3) is 0.574. The summed E-state index contributed by atoms with van der Waals surface area (Å²) in [7, 11) is 0. The van der Waals surface area contributed by atoms with Crippen LogP contribution >= 0.6 is 0 Å². The van der Waals surface area contributed by atoms with E-state index in [1.54, 1.807) is 11.1 Å². The zero-order chi connectivity index (χ0) is 7.35. The molecule has 0 unspecified atom stereocenters. The molecule has 1 saturated carbocycles. The summed E-state index contributed by atoms with van der Waals surface area (Å²) in [6.45, 7) is 7.08. The Morgan fingerprint density at radius 1 is 1.40 bits per heavy atom. The van der Waals surface area contributed by atoms with Crippen LogP contribution in [0.4, 0.5) is 0 Å². The van der Waals surface area contributed by atoms with Crippen molar-refractivity contribution in [2.45, 2.75) is 40.0 Å². The van der Waals surface area contributed by atoms with Gasteiger partial charge in [0.15, 0.2) is 0 Å². The van der Waals surface area contributed by atoms with Gasteiger partial charge in [-0.2, -0.15) is 0 Å². The van der Waals surface area contributed by atoms with E-state index < -0.39 is 0 Å². The molecule has 0 heterocycles. The lowest BCUT2D eigenvalue weighted by Crippen LogP contribution is -2.10. The molecule has 2 bridgehead atoms. The van der Waals surface area contributed by atoms with Crippen LogP contribution < -0.4 is 0 Å². The van der Waals surface area contributed by atoms with Crippen LogP contribution in [0.2, 0.25) is 0 Å². The molecule has 0 aromatic carbocycles. The van der Waals surface area contributed by atoms with Gasteiger partial charge in [0.25, 0.3) is 0 Å². The first-order valence-corrected chi connectivity index (χ1v) is 4.31. The van der Waals surface area contributed by atoms with Gasteiger partial charge in [0.05, 0.1) is 0 Å². The van der Waals surface area contributed by atoms with E-state index in [4.69, 9.17) is 0 Å². The molecule has 0 spiro atoms. The monoisotopic (exact) mass is 136 g/mol. The van der Waals surface area contributed by atoms with Gasteiger partial charge in [-0.05, 0) is 44.4 Å². The highest BCUT2D eigenvalue weighted by atomic mass is 14.5. The zero-order valence-electron chi connectivity index (χ0n) is 7.20. The van der Waals surface area contributed by atoms with Crippen molar-refractivity contribution in [1.29, 1.82) is 0 Å². The Morgan fingerprint density at radius 3 is 2.40 bits per heavy atom. The van der Waals surface area contributed by atoms with Gasteiger partial charge in [0, 0.05) is 0 Å². The van der Waals surface area contributed by atoms with Gasteiger partial charge < -0.3 is 0 Å². The van der Waals surface area contributed by atoms with Crippen molar-refractivity contribution in [3.63, 3.8) is 0 Å². The molecule has 2 aliphatic rings. The molecule has 2 aliphatic carbocycles. The van der Waals surface area contributed by atoms with Crippen LogP contribution in [0.3, 0.4) is 0 Å². The van der Waals surface area contributed by atoms with E-state index in [1.807, 2.05) is 0 Å². The van der Waals surface area contributed by atoms with Crippen LogP contribution in [0, 0.1) is 11.3 Å². The molecule has 2 rings (SSSR count). The maximum Gasteiger partial charge on any atom is -0.0111 e. The molecule has 0 amide bonds. The third-order valence-corrected chi connectivity index (χ3v) is 3.85. The maximum atomic E-state index is 2.43. The molecule has 0 heteroatoms. The SMILES string of the molecule is CC1=C(C)[C@]2(C)CC[C@H]1C2. The minimum Gasteiger partial charge on any atom is -0.0707 e. The van der Waals surface area contributed by atoms with Crippen molar-refractivity contribution in [1.82, 2.24) is 0 Å². The van der Waals surface area contributed by atoms with Gasteiger partial charge in [-0.3, -0.25) is 0 Å². The highest BCUT2D eigenvalue weighted by Gasteiger charge is 2.43. The summed E-state index contributed by atoms with van der Waals surface area (Å²) in [5, 5.41) is 0. The van der Waals surface area contributed by atoms with Crippen molar-refractivity contribution in [3.8, 4) is 0 Å². The molecule has 2 atom stereocenters. The summed E-state index contributed by atoms with van der Waals surface area (Å²) >= 11 is 0. The van der Waals surface area contributed by atoms with Gasteiger partial charge in [-0.1, -0.05) is 18.1 Å². The molecule has 56 valence electrons. The Labute approximate surface area is 63.3 Å². The number of fused-ring (bicyclic) bond motifs is 2.